The van der Waals surface area contributed by atoms with E-state index < -0.39 is 0 Å². The Balaban J connectivity index is 4.58. The summed E-state index contributed by atoms with van der Waals surface area (Å²) in [7, 11) is 0. The topological polar surface area (TPSA) is 29.3 Å². The van der Waals surface area contributed by atoms with Gasteiger partial charge in [-0.1, -0.05) is 31.2 Å². The summed E-state index contributed by atoms with van der Waals surface area (Å²) < 4.78 is 0. The van der Waals surface area contributed by atoms with Crippen LogP contribution in [-0.2, 0) is 0 Å². The maximum Gasteiger partial charge on any atom is 0.102 e. The van der Waals surface area contributed by atoms with E-state index in [1.165, 1.54) is 0 Å². The second-order valence-electron chi connectivity index (χ2n) is 3.53. The monoisotopic (exact) mass is 208 g/mol. The number of rotatable bonds is 6. The Bertz CT molecular complexity index is 249. The van der Waals surface area contributed by atoms with E-state index in [9.17, 15) is 0 Å². The minimum atomic E-state index is 0.889. The van der Waals surface area contributed by atoms with Crippen LogP contribution in [0.2, 0.25) is 0 Å². The molecule has 86 valence electrons. The van der Waals surface area contributed by atoms with Gasteiger partial charge in [0.05, 0.1) is 0 Å². The normalized spacial score (nSPS) is 13.6. The molecular formula is C13H24N2. The average Bonchev–Trinajstić information content (AvgIpc) is 2.25. The minimum Gasteiger partial charge on any atom is -0.385 e. The van der Waals surface area contributed by atoms with Crippen LogP contribution in [0.4, 0.5) is 0 Å². The molecule has 0 aromatic heterocycles. The van der Waals surface area contributed by atoms with E-state index >= 15 is 0 Å². The molecule has 0 unspecified atom stereocenters. The van der Waals surface area contributed by atoms with Crippen molar-refractivity contribution in [2.45, 2.75) is 34.1 Å². The Kier molecular flexibility index (Phi) is 7.51. The van der Waals surface area contributed by atoms with Crippen molar-refractivity contribution in [2.24, 2.45) is 5.73 Å². The van der Waals surface area contributed by atoms with E-state index in [-0.39, 0.29) is 0 Å². The SMILES string of the molecule is C\C=C/C=C\C(C)=C(/N)N(CC)CCC. The first-order valence-corrected chi connectivity index (χ1v) is 5.67. The number of hydrogen-bond acceptors (Lipinski definition) is 2. The van der Waals surface area contributed by atoms with Crippen LogP contribution in [0.25, 0.3) is 0 Å². The third-order valence-electron chi connectivity index (χ3n) is 2.27. The summed E-state index contributed by atoms with van der Waals surface area (Å²) in [6.45, 7) is 10.3. The zero-order valence-electron chi connectivity index (χ0n) is 10.5. The van der Waals surface area contributed by atoms with Gasteiger partial charge in [0.1, 0.15) is 5.82 Å². The predicted octanol–water partition coefficient (Wildman–Crippen LogP) is 3.04. The third kappa shape index (κ3) is 5.31. The van der Waals surface area contributed by atoms with Crippen molar-refractivity contribution < 1.29 is 0 Å². The zero-order valence-corrected chi connectivity index (χ0v) is 10.5. The highest BCUT2D eigenvalue weighted by atomic mass is 15.2. The smallest absolute Gasteiger partial charge is 0.102 e. The highest BCUT2D eigenvalue weighted by Gasteiger charge is 2.03. The summed E-state index contributed by atoms with van der Waals surface area (Å²) in [6, 6.07) is 0. The van der Waals surface area contributed by atoms with Crippen LogP contribution < -0.4 is 5.73 Å². The fourth-order valence-corrected chi connectivity index (χ4v) is 1.36. The molecule has 0 aliphatic rings. The van der Waals surface area contributed by atoms with Gasteiger partial charge < -0.3 is 10.6 Å². The standard InChI is InChI=1S/C13H24N2/c1-5-8-9-10-12(4)13(14)15(7-3)11-6-2/h5,8-10H,6-7,11,14H2,1-4H3/b8-5-,10-9-,13-12+. The lowest BCUT2D eigenvalue weighted by atomic mass is 10.2. The van der Waals surface area contributed by atoms with Crippen molar-refractivity contribution in [3.8, 4) is 0 Å². The highest BCUT2D eigenvalue weighted by Crippen LogP contribution is 2.06. The molecule has 15 heavy (non-hydrogen) atoms. The van der Waals surface area contributed by atoms with Crippen LogP contribution in [-0.4, -0.2) is 18.0 Å². The molecule has 0 amide bonds. The van der Waals surface area contributed by atoms with E-state index in [0.29, 0.717) is 0 Å². The van der Waals surface area contributed by atoms with Crippen LogP contribution in [0, 0.1) is 0 Å². The summed E-state index contributed by atoms with van der Waals surface area (Å²) in [5.74, 6) is 0.889. The summed E-state index contributed by atoms with van der Waals surface area (Å²) in [4.78, 5) is 2.20. The molecule has 0 fully saturated rings. The number of hydrogen-bond donors (Lipinski definition) is 1. The molecule has 0 radical (unpaired) electrons. The second kappa shape index (κ2) is 8.16. The zero-order chi connectivity index (χ0) is 11.7. The van der Waals surface area contributed by atoms with Gasteiger partial charge in [0.15, 0.2) is 0 Å². The number of allylic oxidation sites excluding steroid dienone is 5. The van der Waals surface area contributed by atoms with Crippen molar-refractivity contribution in [1.82, 2.24) is 4.90 Å². The molecule has 0 heterocycles. The van der Waals surface area contributed by atoms with Gasteiger partial charge in [-0.3, -0.25) is 0 Å². The largest absolute Gasteiger partial charge is 0.385 e. The number of nitrogens with two attached hydrogens (primary N) is 1. The molecule has 2 nitrogen and oxygen atoms in total. The Morgan fingerprint density at radius 3 is 2.40 bits per heavy atom. The first-order chi connectivity index (χ1) is 7.17. The molecule has 0 spiro atoms. The first-order valence-electron chi connectivity index (χ1n) is 5.67. The predicted molar refractivity (Wildman–Crippen MR) is 68.4 cm³/mol. The Morgan fingerprint density at radius 1 is 1.27 bits per heavy atom. The Morgan fingerprint density at radius 2 is 1.93 bits per heavy atom. The Labute approximate surface area is 94.1 Å². The Hall–Kier alpha value is -1.18. The summed E-state index contributed by atoms with van der Waals surface area (Å²) in [5.41, 5.74) is 7.20. The van der Waals surface area contributed by atoms with Gasteiger partial charge in [-0.15, -0.1) is 0 Å². The minimum absolute atomic E-state index is 0.889. The molecule has 0 aromatic carbocycles. The lowest BCUT2D eigenvalue weighted by Crippen LogP contribution is -2.29. The van der Waals surface area contributed by atoms with Crippen LogP contribution in [0.5, 0.6) is 0 Å². The highest BCUT2D eigenvalue weighted by molar-refractivity contribution is 5.23. The molecule has 0 aromatic rings. The van der Waals surface area contributed by atoms with Gasteiger partial charge in [-0.05, 0) is 32.8 Å². The van der Waals surface area contributed by atoms with E-state index in [4.69, 9.17) is 5.73 Å². The van der Waals surface area contributed by atoms with E-state index in [0.717, 1.165) is 30.9 Å². The third-order valence-corrected chi connectivity index (χ3v) is 2.27. The van der Waals surface area contributed by atoms with Crippen LogP contribution in [0.15, 0.2) is 35.7 Å². The second-order valence-corrected chi connectivity index (χ2v) is 3.53. The van der Waals surface area contributed by atoms with Gasteiger partial charge in [-0.25, -0.2) is 0 Å². The summed E-state index contributed by atoms with van der Waals surface area (Å²) in [5, 5.41) is 0. The van der Waals surface area contributed by atoms with Gasteiger partial charge in [0, 0.05) is 13.1 Å². The summed E-state index contributed by atoms with van der Waals surface area (Å²) >= 11 is 0. The molecular weight excluding hydrogens is 184 g/mol. The van der Waals surface area contributed by atoms with Crippen molar-refractivity contribution in [1.29, 1.82) is 0 Å². The molecule has 2 N–H and O–H groups in total. The van der Waals surface area contributed by atoms with Gasteiger partial charge >= 0.3 is 0 Å². The van der Waals surface area contributed by atoms with Crippen molar-refractivity contribution in [2.75, 3.05) is 13.1 Å². The van der Waals surface area contributed by atoms with E-state index in [2.05, 4.69) is 18.7 Å². The van der Waals surface area contributed by atoms with Crippen molar-refractivity contribution in [3.63, 3.8) is 0 Å². The molecule has 0 aliphatic carbocycles. The van der Waals surface area contributed by atoms with Crippen LogP contribution in [0.3, 0.4) is 0 Å². The van der Waals surface area contributed by atoms with E-state index in [1.807, 2.05) is 38.2 Å². The fourth-order valence-electron chi connectivity index (χ4n) is 1.36. The lowest BCUT2D eigenvalue weighted by Gasteiger charge is -2.23. The quantitative estimate of drug-likeness (QED) is 0.680. The average molecular weight is 208 g/mol. The number of nitrogens with zero attached hydrogens (tertiary/aromatic N) is 1. The van der Waals surface area contributed by atoms with Gasteiger partial charge in [0.2, 0.25) is 0 Å². The summed E-state index contributed by atoms with van der Waals surface area (Å²) in [6.07, 6.45) is 9.20. The molecule has 0 atom stereocenters. The van der Waals surface area contributed by atoms with E-state index in [1.54, 1.807) is 0 Å². The van der Waals surface area contributed by atoms with Crippen molar-refractivity contribution in [3.05, 3.63) is 35.7 Å². The maximum atomic E-state index is 6.07. The maximum absolute atomic E-state index is 6.07. The molecule has 0 aliphatic heterocycles. The van der Waals surface area contributed by atoms with Crippen LogP contribution >= 0.6 is 0 Å². The molecule has 0 rings (SSSR count). The molecule has 0 saturated carbocycles. The van der Waals surface area contributed by atoms with Crippen molar-refractivity contribution >= 4 is 0 Å². The van der Waals surface area contributed by atoms with Crippen LogP contribution in [0.1, 0.15) is 34.1 Å². The molecule has 2 heteroatoms. The van der Waals surface area contributed by atoms with Gasteiger partial charge in [-0.2, -0.15) is 0 Å². The molecule has 0 saturated heterocycles. The lowest BCUT2D eigenvalue weighted by molar-refractivity contribution is 0.356. The molecule has 0 bridgehead atoms. The first kappa shape index (κ1) is 13.8. The van der Waals surface area contributed by atoms with Gasteiger partial charge in [0.25, 0.3) is 0 Å². The fraction of sp³-hybridized carbons (Fsp3) is 0.538.